The van der Waals surface area contributed by atoms with Gasteiger partial charge in [-0.25, -0.2) is 4.18 Å². The second-order valence-corrected chi connectivity index (χ2v) is 6.71. The van der Waals surface area contributed by atoms with Crippen LogP contribution in [0.25, 0.3) is 0 Å². The normalized spacial score (nSPS) is 12.2. The van der Waals surface area contributed by atoms with Crippen molar-refractivity contribution in [2.45, 2.75) is 78.1 Å². The molecule has 0 spiro atoms. The first-order valence-electron chi connectivity index (χ1n) is 7.53. The highest BCUT2D eigenvalue weighted by molar-refractivity contribution is 7.80. The van der Waals surface area contributed by atoms with Crippen LogP contribution in [0.5, 0.6) is 0 Å². The van der Waals surface area contributed by atoms with Crippen molar-refractivity contribution in [3.63, 3.8) is 0 Å². The van der Waals surface area contributed by atoms with Crippen LogP contribution in [0, 0.1) is 5.92 Å². The molecule has 0 aromatic heterocycles. The van der Waals surface area contributed by atoms with Crippen molar-refractivity contribution >= 4 is 10.4 Å². The summed E-state index contributed by atoms with van der Waals surface area (Å²) in [4.78, 5) is 0. The molecule has 116 valence electrons. The van der Waals surface area contributed by atoms with Gasteiger partial charge in [0.1, 0.15) is 0 Å². The molecule has 0 aliphatic rings. The van der Waals surface area contributed by atoms with Gasteiger partial charge in [-0.3, -0.25) is 4.55 Å². The molecule has 1 N–H and O–H groups in total. The summed E-state index contributed by atoms with van der Waals surface area (Å²) in [5, 5.41) is 0. The van der Waals surface area contributed by atoms with Crippen LogP contribution in [0.15, 0.2) is 0 Å². The first kappa shape index (κ1) is 18.9. The van der Waals surface area contributed by atoms with Gasteiger partial charge in [0, 0.05) is 0 Å². The molecule has 0 atom stereocenters. The lowest BCUT2D eigenvalue weighted by Crippen LogP contribution is -2.04. The van der Waals surface area contributed by atoms with E-state index >= 15 is 0 Å². The molecule has 0 saturated heterocycles. The number of hydrogen-bond acceptors (Lipinski definition) is 3. The zero-order valence-electron chi connectivity index (χ0n) is 12.4. The Labute approximate surface area is 118 Å². The third-order valence-electron chi connectivity index (χ3n) is 3.16. The van der Waals surface area contributed by atoms with E-state index < -0.39 is 10.4 Å². The van der Waals surface area contributed by atoms with E-state index in [0.717, 1.165) is 18.8 Å². The van der Waals surface area contributed by atoms with Gasteiger partial charge < -0.3 is 0 Å². The predicted octanol–water partition coefficient (Wildman–Crippen LogP) is 4.36. The minimum Gasteiger partial charge on any atom is -0.264 e. The van der Waals surface area contributed by atoms with Crippen LogP contribution < -0.4 is 0 Å². The molecule has 0 fully saturated rings. The summed E-state index contributed by atoms with van der Waals surface area (Å²) in [7, 11) is -4.24. The molecule has 0 bridgehead atoms. The number of hydrogen-bond donors (Lipinski definition) is 1. The van der Waals surface area contributed by atoms with Crippen molar-refractivity contribution in [3.05, 3.63) is 0 Å². The fourth-order valence-electron chi connectivity index (χ4n) is 2.06. The van der Waals surface area contributed by atoms with Gasteiger partial charge in [-0.1, -0.05) is 71.6 Å². The van der Waals surface area contributed by atoms with Gasteiger partial charge in [0.05, 0.1) is 6.61 Å². The first-order chi connectivity index (χ1) is 8.92. The monoisotopic (exact) mass is 294 g/mol. The Hall–Kier alpha value is -0.130. The van der Waals surface area contributed by atoms with Gasteiger partial charge in [-0.05, 0) is 12.3 Å². The Kier molecular flexibility index (Phi) is 11.6. The molecule has 0 rings (SSSR count). The maximum absolute atomic E-state index is 10.3. The highest BCUT2D eigenvalue weighted by atomic mass is 32.3. The fourth-order valence-corrected chi connectivity index (χ4v) is 2.38. The maximum Gasteiger partial charge on any atom is 0.397 e. The van der Waals surface area contributed by atoms with Crippen LogP contribution >= 0.6 is 0 Å². The molecule has 0 aliphatic heterocycles. The molecule has 0 amide bonds. The van der Waals surface area contributed by atoms with E-state index in [1.807, 2.05) is 0 Å². The lowest BCUT2D eigenvalue weighted by atomic mass is 10.0. The maximum atomic E-state index is 10.3. The minimum absolute atomic E-state index is 0.0913. The zero-order chi connectivity index (χ0) is 14.6. The van der Waals surface area contributed by atoms with E-state index in [4.69, 9.17) is 4.55 Å². The first-order valence-corrected chi connectivity index (χ1v) is 8.90. The van der Waals surface area contributed by atoms with E-state index in [2.05, 4.69) is 18.0 Å². The van der Waals surface area contributed by atoms with Crippen molar-refractivity contribution in [3.8, 4) is 0 Å². The Bertz CT molecular complexity index is 286. The Morgan fingerprint density at radius 3 is 1.68 bits per heavy atom. The van der Waals surface area contributed by atoms with Gasteiger partial charge in [-0.2, -0.15) is 8.42 Å². The third-order valence-corrected chi connectivity index (χ3v) is 3.62. The van der Waals surface area contributed by atoms with Crippen LogP contribution in [0.4, 0.5) is 0 Å². The summed E-state index contributed by atoms with van der Waals surface area (Å²) in [5.74, 6) is 0.824. The molecular weight excluding hydrogens is 264 g/mol. The molecule has 0 radical (unpaired) electrons. The fraction of sp³-hybridized carbons (Fsp3) is 1.00. The summed E-state index contributed by atoms with van der Waals surface area (Å²) >= 11 is 0. The van der Waals surface area contributed by atoms with Crippen molar-refractivity contribution in [2.24, 2.45) is 5.92 Å². The van der Waals surface area contributed by atoms with Crippen LogP contribution in [-0.4, -0.2) is 19.6 Å². The molecule has 0 aromatic rings. The molecule has 0 aliphatic carbocycles. The van der Waals surface area contributed by atoms with Crippen LogP contribution in [0.1, 0.15) is 78.1 Å². The van der Waals surface area contributed by atoms with E-state index in [1.54, 1.807) is 0 Å². The van der Waals surface area contributed by atoms with E-state index in [-0.39, 0.29) is 6.61 Å². The molecule has 4 nitrogen and oxygen atoms in total. The number of unbranched alkanes of at least 4 members (excludes halogenated alkanes) is 8. The Morgan fingerprint density at radius 2 is 1.26 bits per heavy atom. The highest BCUT2D eigenvalue weighted by Gasteiger charge is 2.02. The topological polar surface area (TPSA) is 63.6 Å². The van der Waals surface area contributed by atoms with E-state index in [1.165, 1.54) is 44.9 Å². The SMILES string of the molecule is CC(C)CCCCCCCCCCCOS(=O)(=O)O. The summed E-state index contributed by atoms with van der Waals surface area (Å²) in [6.45, 7) is 4.63. The Morgan fingerprint density at radius 1 is 0.842 bits per heavy atom. The van der Waals surface area contributed by atoms with Gasteiger partial charge in [0.25, 0.3) is 0 Å². The molecule has 5 heteroatoms. The van der Waals surface area contributed by atoms with Crippen LogP contribution in [0.2, 0.25) is 0 Å². The van der Waals surface area contributed by atoms with E-state index in [9.17, 15) is 8.42 Å². The van der Waals surface area contributed by atoms with Crippen molar-refractivity contribution in [2.75, 3.05) is 6.61 Å². The molecule has 0 unspecified atom stereocenters. The van der Waals surface area contributed by atoms with Gasteiger partial charge in [0.15, 0.2) is 0 Å². The summed E-state index contributed by atoms with van der Waals surface area (Å²) in [6.07, 6.45) is 11.9. The van der Waals surface area contributed by atoms with Crippen molar-refractivity contribution in [1.29, 1.82) is 0 Å². The highest BCUT2D eigenvalue weighted by Crippen LogP contribution is 2.13. The van der Waals surface area contributed by atoms with E-state index in [0.29, 0.717) is 6.42 Å². The Balaban J connectivity index is 3.07. The molecular formula is C14H30O4S. The average Bonchev–Trinajstić information content (AvgIpc) is 2.28. The zero-order valence-corrected chi connectivity index (χ0v) is 13.3. The molecule has 0 saturated carbocycles. The van der Waals surface area contributed by atoms with Crippen LogP contribution in [-0.2, 0) is 14.6 Å². The summed E-state index contributed by atoms with van der Waals surface area (Å²) in [6, 6.07) is 0. The van der Waals surface area contributed by atoms with Gasteiger partial charge >= 0.3 is 10.4 Å². The quantitative estimate of drug-likeness (QED) is 0.405. The third kappa shape index (κ3) is 17.9. The van der Waals surface area contributed by atoms with Crippen LogP contribution in [0.3, 0.4) is 0 Å². The minimum atomic E-state index is -4.24. The lowest BCUT2D eigenvalue weighted by Gasteiger charge is -2.04. The molecule has 0 heterocycles. The van der Waals surface area contributed by atoms with Gasteiger partial charge in [0.2, 0.25) is 0 Å². The smallest absolute Gasteiger partial charge is 0.264 e. The largest absolute Gasteiger partial charge is 0.397 e. The molecule has 19 heavy (non-hydrogen) atoms. The second kappa shape index (κ2) is 11.7. The summed E-state index contributed by atoms with van der Waals surface area (Å²) in [5.41, 5.74) is 0. The number of rotatable bonds is 13. The molecule has 0 aromatic carbocycles. The second-order valence-electron chi connectivity index (χ2n) is 5.61. The predicted molar refractivity (Wildman–Crippen MR) is 78.5 cm³/mol. The van der Waals surface area contributed by atoms with Gasteiger partial charge in [-0.15, -0.1) is 0 Å². The standard InChI is InChI=1S/C14H30O4S/c1-14(2)12-10-8-6-4-3-5-7-9-11-13-18-19(15,16)17/h14H,3-13H2,1-2H3,(H,15,16,17). The average molecular weight is 294 g/mol. The van der Waals surface area contributed by atoms with Crippen molar-refractivity contribution < 1.29 is 17.2 Å². The van der Waals surface area contributed by atoms with Crippen molar-refractivity contribution in [1.82, 2.24) is 0 Å². The summed E-state index contributed by atoms with van der Waals surface area (Å²) < 4.78 is 33.1. The lowest BCUT2D eigenvalue weighted by molar-refractivity contribution is 0.261.